The maximum Gasteiger partial charge on any atom is -0.00428 e. The Morgan fingerprint density at radius 3 is 2.44 bits per heavy atom. The van der Waals surface area contributed by atoms with Crippen molar-refractivity contribution >= 4 is 0 Å². The van der Waals surface area contributed by atoms with E-state index in [0.29, 0.717) is 5.92 Å². The Bertz CT molecular complexity index is 161. The SMILES string of the molecule is CCC1=C(C)C=CC1C. The maximum atomic E-state index is 2.27. The summed E-state index contributed by atoms with van der Waals surface area (Å²) in [5.74, 6) is 0.704. The Balaban J connectivity index is 2.79. The molecule has 9 heavy (non-hydrogen) atoms. The van der Waals surface area contributed by atoms with Crippen molar-refractivity contribution in [2.45, 2.75) is 27.2 Å². The second kappa shape index (κ2) is 2.38. The molecule has 0 aromatic rings. The quantitative estimate of drug-likeness (QED) is 0.501. The molecule has 0 spiro atoms. The minimum atomic E-state index is 0.704. The molecule has 0 N–H and O–H groups in total. The summed E-state index contributed by atoms with van der Waals surface area (Å²) in [6, 6.07) is 0. The third-order valence-electron chi connectivity index (χ3n) is 2.07. The first-order chi connectivity index (χ1) is 4.25. The average Bonchev–Trinajstić information content (AvgIpc) is 2.12. The standard InChI is InChI=1S/C9H14/c1-4-9-7(2)5-6-8(9)3/h5-7H,4H2,1-3H3. The van der Waals surface area contributed by atoms with Crippen molar-refractivity contribution in [2.24, 2.45) is 5.92 Å². The van der Waals surface area contributed by atoms with Gasteiger partial charge < -0.3 is 0 Å². The Morgan fingerprint density at radius 2 is 2.22 bits per heavy atom. The lowest BCUT2D eigenvalue weighted by molar-refractivity contribution is 0.819. The van der Waals surface area contributed by atoms with Gasteiger partial charge in [-0.3, -0.25) is 0 Å². The van der Waals surface area contributed by atoms with Gasteiger partial charge in [-0.15, -0.1) is 0 Å². The highest BCUT2D eigenvalue weighted by Gasteiger charge is 2.10. The van der Waals surface area contributed by atoms with Gasteiger partial charge in [0.25, 0.3) is 0 Å². The van der Waals surface area contributed by atoms with Gasteiger partial charge >= 0.3 is 0 Å². The van der Waals surface area contributed by atoms with Crippen LogP contribution in [0.3, 0.4) is 0 Å². The molecule has 1 unspecified atom stereocenters. The Kier molecular flexibility index (Phi) is 1.75. The molecule has 0 fully saturated rings. The molecule has 0 bridgehead atoms. The molecule has 0 saturated carbocycles. The van der Waals surface area contributed by atoms with E-state index >= 15 is 0 Å². The molecular formula is C9H14. The Hall–Kier alpha value is -0.520. The van der Waals surface area contributed by atoms with E-state index in [0.717, 1.165) is 0 Å². The van der Waals surface area contributed by atoms with E-state index in [1.165, 1.54) is 12.0 Å². The predicted octanol–water partition coefficient (Wildman–Crippen LogP) is 2.92. The highest BCUT2D eigenvalue weighted by molar-refractivity contribution is 5.34. The van der Waals surface area contributed by atoms with Crippen LogP contribution in [0.15, 0.2) is 23.3 Å². The highest BCUT2D eigenvalue weighted by atomic mass is 14.2. The second-order valence-electron chi connectivity index (χ2n) is 2.71. The molecule has 1 aliphatic rings. The smallest absolute Gasteiger partial charge is 0.00428 e. The molecule has 0 aromatic carbocycles. The van der Waals surface area contributed by atoms with Crippen LogP contribution in [0, 0.1) is 5.92 Å². The molecule has 0 radical (unpaired) electrons. The van der Waals surface area contributed by atoms with Gasteiger partial charge in [0, 0.05) is 0 Å². The molecule has 1 atom stereocenters. The topological polar surface area (TPSA) is 0 Å². The lowest BCUT2D eigenvalue weighted by Crippen LogP contribution is -1.90. The summed E-state index contributed by atoms with van der Waals surface area (Å²) >= 11 is 0. The zero-order chi connectivity index (χ0) is 6.85. The van der Waals surface area contributed by atoms with Crippen molar-refractivity contribution in [1.82, 2.24) is 0 Å². The summed E-state index contributed by atoms with van der Waals surface area (Å²) in [5.41, 5.74) is 3.08. The maximum absolute atomic E-state index is 2.27. The van der Waals surface area contributed by atoms with Crippen molar-refractivity contribution in [3.8, 4) is 0 Å². The summed E-state index contributed by atoms with van der Waals surface area (Å²) in [6.45, 7) is 6.67. The molecular weight excluding hydrogens is 108 g/mol. The minimum Gasteiger partial charge on any atom is -0.0773 e. The Labute approximate surface area is 57.3 Å². The van der Waals surface area contributed by atoms with Crippen LogP contribution >= 0.6 is 0 Å². The highest BCUT2D eigenvalue weighted by Crippen LogP contribution is 2.26. The van der Waals surface area contributed by atoms with Gasteiger partial charge in [-0.25, -0.2) is 0 Å². The zero-order valence-corrected chi connectivity index (χ0v) is 6.44. The molecule has 1 aliphatic carbocycles. The van der Waals surface area contributed by atoms with Crippen LogP contribution in [0.5, 0.6) is 0 Å². The first-order valence-corrected chi connectivity index (χ1v) is 3.63. The molecule has 50 valence electrons. The van der Waals surface area contributed by atoms with E-state index in [4.69, 9.17) is 0 Å². The lowest BCUT2D eigenvalue weighted by atomic mass is 10.0. The molecule has 0 heteroatoms. The van der Waals surface area contributed by atoms with E-state index in [-0.39, 0.29) is 0 Å². The van der Waals surface area contributed by atoms with Crippen LogP contribution in [0.4, 0.5) is 0 Å². The molecule has 0 nitrogen and oxygen atoms in total. The van der Waals surface area contributed by atoms with Crippen LogP contribution in [0.25, 0.3) is 0 Å². The van der Waals surface area contributed by atoms with Gasteiger partial charge in [-0.2, -0.15) is 0 Å². The average molecular weight is 122 g/mol. The van der Waals surface area contributed by atoms with Crippen molar-refractivity contribution < 1.29 is 0 Å². The van der Waals surface area contributed by atoms with E-state index in [1.54, 1.807) is 5.57 Å². The van der Waals surface area contributed by atoms with E-state index in [2.05, 4.69) is 32.9 Å². The van der Waals surface area contributed by atoms with Crippen LogP contribution in [-0.2, 0) is 0 Å². The van der Waals surface area contributed by atoms with Crippen LogP contribution in [-0.4, -0.2) is 0 Å². The predicted molar refractivity (Wildman–Crippen MR) is 41.3 cm³/mol. The van der Waals surface area contributed by atoms with Gasteiger partial charge in [0.05, 0.1) is 0 Å². The van der Waals surface area contributed by atoms with Gasteiger partial charge in [0.1, 0.15) is 0 Å². The summed E-state index contributed by atoms with van der Waals surface area (Å²) in [5, 5.41) is 0. The third-order valence-corrected chi connectivity index (χ3v) is 2.07. The van der Waals surface area contributed by atoms with Crippen molar-refractivity contribution in [2.75, 3.05) is 0 Å². The third kappa shape index (κ3) is 1.07. The first-order valence-electron chi connectivity index (χ1n) is 3.63. The Morgan fingerprint density at radius 1 is 1.56 bits per heavy atom. The monoisotopic (exact) mass is 122 g/mol. The second-order valence-corrected chi connectivity index (χ2v) is 2.71. The molecule has 0 heterocycles. The lowest BCUT2D eigenvalue weighted by Gasteiger charge is -2.04. The van der Waals surface area contributed by atoms with Gasteiger partial charge in [0.2, 0.25) is 0 Å². The number of allylic oxidation sites excluding steroid dienone is 4. The van der Waals surface area contributed by atoms with Crippen LogP contribution in [0.2, 0.25) is 0 Å². The van der Waals surface area contributed by atoms with E-state index in [1.807, 2.05) is 0 Å². The van der Waals surface area contributed by atoms with Crippen molar-refractivity contribution in [1.29, 1.82) is 0 Å². The molecule has 1 rings (SSSR count). The first kappa shape index (κ1) is 6.60. The fourth-order valence-corrected chi connectivity index (χ4v) is 1.47. The normalized spacial score (nSPS) is 25.9. The largest absolute Gasteiger partial charge is 0.0773 e. The summed E-state index contributed by atoms with van der Waals surface area (Å²) in [7, 11) is 0. The summed E-state index contributed by atoms with van der Waals surface area (Å²) in [6.07, 6.45) is 5.71. The number of rotatable bonds is 1. The molecule has 0 aromatic heterocycles. The van der Waals surface area contributed by atoms with E-state index < -0.39 is 0 Å². The van der Waals surface area contributed by atoms with Crippen LogP contribution < -0.4 is 0 Å². The molecule has 0 saturated heterocycles. The zero-order valence-electron chi connectivity index (χ0n) is 6.44. The molecule has 0 amide bonds. The van der Waals surface area contributed by atoms with E-state index in [9.17, 15) is 0 Å². The van der Waals surface area contributed by atoms with Crippen molar-refractivity contribution in [3.05, 3.63) is 23.3 Å². The fraction of sp³-hybridized carbons (Fsp3) is 0.556. The minimum absolute atomic E-state index is 0.704. The summed E-state index contributed by atoms with van der Waals surface area (Å²) in [4.78, 5) is 0. The van der Waals surface area contributed by atoms with Gasteiger partial charge in [0.15, 0.2) is 0 Å². The van der Waals surface area contributed by atoms with Gasteiger partial charge in [-0.1, -0.05) is 37.1 Å². The van der Waals surface area contributed by atoms with Crippen LogP contribution in [0.1, 0.15) is 27.2 Å². The number of hydrogen-bond acceptors (Lipinski definition) is 0. The molecule has 0 aliphatic heterocycles. The number of hydrogen-bond donors (Lipinski definition) is 0. The van der Waals surface area contributed by atoms with Gasteiger partial charge in [-0.05, 0) is 19.3 Å². The summed E-state index contributed by atoms with van der Waals surface area (Å²) < 4.78 is 0. The van der Waals surface area contributed by atoms with Crippen molar-refractivity contribution in [3.63, 3.8) is 0 Å². The fourth-order valence-electron chi connectivity index (χ4n) is 1.47.